The van der Waals surface area contributed by atoms with Gasteiger partial charge in [-0.05, 0) is 48.5 Å². The van der Waals surface area contributed by atoms with Gasteiger partial charge in [-0.2, -0.15) is 4.31 Å². The molecule has 11 heteroatoms. The second kappa shape index (κ2) is 8.88. The van der Waals surface area contributed by atoms with E-state index in [2.05, 4.69) is 10.2 Å². The monoisotopic (exact) mass is 500 g/mol. The van der Waals surface area contributed by atoms with Crippen molar-refractivity contribution >= 4 is 50.6 Å². The quantitative estimate of drug-likeness (QED) is 0.516. The van der Waals surface area contributed by atoms with Crippen molar-refractivity contribution in [2.45, 2.75) is 4.90 Å². The largest absolute Gasteiger partial charge is 0.352 e. The smallest absolute Gasteiger partial charge is 0.243 e. The molecule has 0 bridgehead atoms. The summed E-state index contributed by atoms with van der Waals surface area (Å²) in [6, 6.07) is 12.2. The van der Waals surface area contributed by atoms with E-state index >= 15 is 0 Å². The Kier molecular flexibility index (Phi) is 6.37. The summed E-state index contributed by atoms with van der Waals surface area (Å²) in [5.41, 5.74) is 1.33. The van der Waals surface area contributed by atoms with Crippen LogP contribution in [0.25, 0.3) is 11.3 Å². The van der Waals surface area contributed by atoms with Crippen LogP contribution in [-0.4, -0.2) is 49.1 Å². The van der Waals surface area contributed by atoms with Gasteiger partial charge >= 0.3 is 0 Å². The molecule has 0 radical (unpaired) electrons. The first kappa shape index (κ1) is 22.2. The van der Waals surface area contributed by atoms with E-state index in [9.17, 15) is 12.8 Å². The first-order chi connectivity index (χ1) is 14.8. The molecule has 2 heterocycles. The number of benzene rings is 2. The van der Waals surface area contributed by atoms with E-state index in [4.69, 9.17) is 34.8 Å². The van der Waals surface area contributed by atoms with E-state index in [0.29, 0.717) is 34.6 Å². The number of sulfonamides is 1. The highest BCUT2D eigenvalue weighted by Crippen LogP contribution is 2.29. The van der Waals surface area contributed by atoms with E-state index in [0.717, 1.165) is 17.7 Å². The van der Waals surface area contributed by atoms with Gasteiger partial charge < -0.3 is 4.90 Å². The van der Waals surface area contributed by atoms with E-state index in [1.165, 1.54) is 10.4 Å². The van der Waals surface area contributed by atoms with Crippen molar-refractivity contribution in [2.75, 3.05) is 31.1 Å². The molecule has 4 rings (SSSR count). The second-order valence-electron chi connectivity index (χ2n) is 6.87. The lowest BCUT2D eigenvalue weighted by atomic mass is 10.1. The summed E-state index contributed by atoms with van der Waals surface area (Å²) in [5.74, 6) is -0.0249. The normalized spacial score (nSPS) is 15.3. The maximum atomic E-state index is 13.4. The molecular weight excluding hydrogens is 486 g/mol. The highest BCUT2D eigenvalue weighted by molar-refractivity contribution is 7.89. The molecule has 1 aliphatic heterocycles. The van der Waals surface area contributed by atoms with Crippen LogP contribution in [0.15, 0.2) is 53.4 Å². The van der Waals surface area contributed by atoms with Crippen LogP contribution in [0, 0.1) is 5.82 Å². The molecule has 162 valence electrons. The van der Waals surface area contributed by atoms with Gasteiger partial charge in [0.25, 0.3) is 0 Å². The number of anilines is 1. The number of aromatic nitrogens is 2. The number of hydrogen-bond donors (Lipinski definition) is 0. The molecule has 0 aliphatic carbocycles. The average molecular weight is 502 g/mol. The molecule has 0 unspecified atom stereocenters. The summed E-state index contributed by atoms with van der Waals surface area (Å²) < 4.78 is 40.4. The van der Waals surface area contributed by atoms with Gasteiger partial charge in [0.15, 0.2) is 5.82 Å². The predicted octanol–water partition coefficient (Wildman–Crippen LogP) is 4.75. The van der Waals surface area contributed by atoms with Crippen LogP contribution in [0.1, 0.15) is 0 Å². The highest BCUT2D eigenvalue weighted by Gasteiger charge is 2.29. The maximum absolute atomic E-state index is 13.4. The lowest BCUT2D eigenvalue weighted by molar-refractivity contribution is 0.383. The van der Waals surface area contributed by atoms with Crippen molar-refractivity contribution < 1.29 is 12.8 Å². The number of rotatable bonds is 4. The fourth-order valence-corrected chi connectivity index (χ4v) is 5.48. The Labute approximate surface area is 194 Å². The molecule has 0 saturated carbocycles. The molecule has 0 spiro atoms. The standard InChI is InChI=1S/C20H16Cl3FN4O2S/c21-13-1-3-15(16(22)11-13)19-5-6-20(26-25-19)27-7-9-28(10-8-27)31(29,30)14-2-4-18(24)17(23)12-14/h1-6,11-12H,7-10H2. The van der Waals surface area contributed by atoms with E-state index < -0.39 is 15.8 Å². The van der Waals surface area contributed by atoms with Crippen LogP contribution in [0.2, 0.25) is 15.1 Å². The molecule has 6 nitrogen and oxygen atoms in total. The van der Waals surface area contributed by atoms with Crippen molar-refractivity contribution in [3.63, 3.8) is 0 Å². The van der Waals surface area contributed by atoms with Gasteiger partial charge in [-0.15, -0.1) is 10.2 Å². The predicted molar refractivity (Wildman–Crippen MR) is 120 cm³/mol. The lowest BCUT2D eigenvalue weighted by Gasteiger charge is -2.34. The van der Waals surface area contributed by atoms with Crippen LogP contribution < -0.4 is 4.90 Å². The van der Waals surface area contributed by atoms with Gasteiger partial charge in [-0.1, -0.05) is 34.8 Å². The van der Waals surface area contributed by atoms with Gasteiger partial charge in [-0.3, -0.25) is 0 Å². The molecule has 3 aromatic rings. The Bertz CT molecular complexity index is 1220. The summed E-state index contributed by atoms with van der Waals surface area (Å²) in [5, 5.41) is 9.30. The van der Waals surface area contributed by atoms with Crippen molar-refractivity contribution in [3.8, 4) is 11.3 Å². The Morgan fingerprint density at radius 3 is 2.19 bits per heavy atom. The van der Waals surface area contributed by atoms with E-state index in [-0.39, 0.29) is 23.0 Å². The summed E-state index contributed by atoms with van der Waals surface area (Å²) >= 11 is 17.9. The van der Waals surface area contributed by atoms with Gasteiger partial charge in [0.1, 0.15) is 5.82 Å². The van der Waals surface area contributed by atoms with Crippen LogP contribution >= 0.6 is 34.8 Å². The molecule has 1 saturated heterocycles. The number of piperazine rings is 1. The van der Waals surface area contributed by atoms with Crippen molar-refractivity contribution in [1.82, 2.24) is 14.5 Å². The average Bonchev–Trinajstić information content (AvgIpc) is 2.76. The number of hydrogen-bond acceptors (Lipinski definition) is 5. The van der Waals surface area contributed by atoms with Crippen molar-refractivity contribution in [1.29, 1.82) is 0 Å². The summed E-state index contributed by atoms with van der Waals surface area (Å²) in [6.07, 6.45) is 0. The third-order valence-electron chi connectivity index (χ3n) is 4.95. The molecule has 1 aliphatic rings. The first-order valence-corrected chi connectivity index (χ1v) is 11.8. The maximum Gasteiger partial charge on any atom is 0.243 e. The molecule has 31 heavy (non-hydrogen) atoms. The molecule has 0 atom stereocenters. The highest BCUT2D eigenvalue weighted by atomic mass is 35.5. The minimum atomic E-state index is -3.76. The van der Waals surface area contributed by atoms with Crippen LogP contribution in [0.5, 0.6) is 0 Å². The molecule has 2 aromatic carbocycles. The summed E-state index contributed by atoms with van der Waals surface area (Å²) in [4.78, 5) is 1.92. The van der Waals surface area contributed by atoms with Gasteiger partial charge in [0.05, 0.1) is 20.6 Å². The molecule has 1 aromatic heterocycles. The van der Waals surface area contributed by atoms with Crippen LogP contribution in [0.3, 0.4) is 0 Å². The molecule has 1 fully saturated rings. The molecule has 0 amide bonds. The van der Waals surface area contributed by atoms with Crippen LogP contribution in [0.4, 0.5) is 10.2 Å². The summed E-state index contributed by atoms with van der Waals surface area (Å²) in [7, 11) is -3.76. The Morgan fingerprint density at radius 1 is 0.839 bits per heavy atom. The fraction of sp³-hybridized carbons (Fsp3) is 0.200. The Morgan fingerprint density at radius 2 is 1.58 bits per heavy atom. The minimum Gasteiger partial charge on any atom is -0.352 e. The Hall–Kier alpha value is -1.97. The fourth-order valence-electron chi connectivity index (χ4n) is 3.28. The zero-order valence-corrected chi connectivity index (χ0v) is 19.1. The van der Waals surface area contributed by atoms with Gasteiger partial charge in [0.2, 0.25) is 10.0 Å². The second-order valence-corrected chi connectivity index (χ2v) is 10.1. The SMILES string of the molecule is O=S(=O)(c1ccc(F)c(Cl)c1)N1CCN(c2ccc(-c3ccc(Cl)cc3Cl)nn2)CC1. The summed E-state index contributed by atoms with van der Waals surface area (Å²) in [6.45, 7) is 1.38. The van der Waals surface area contributed by atoms with Crippen molar-refractivity contribution in [3.05, 3.63) is 69.4 Å². The van der Waals surface area contributed by atoms with E-state index in [1.807, 2.05) is 11.0 Å². The zero-order chi connectivity index (χ0) is 22.2. The molecule has 0 N–H and O–H groups in total. The topological polar surface area (TPSA) is 66.4 Å². The third kappa shape index (κ3) is 4.63. The first-order valence-electron chi connectivity index (χ1n) is 9.25. The zero-order valence-electron chi connectivity index (χ0n) is 16.0. The molecular formula is C20H16Cl3FN4O2S. The number of nitrogens with zero attached hydrogens (tertiary/aromatic N) is 4. The third-order valence-corrected chi connectivity index (χ3v) is 7.68. The van der Waals surface area contributed by atoms with Gasteiger partial charge in [0, 0.05) is 36.8 Å². The lowest BCUT2D eigenvalue weighted by Crippen LogP contribution is -2.49. The minimum absolute atomic E-state index is 0.0312. The van der Waals surface area contributed by atoms with Crippen LogP contribution in [-0.2, 0) is 10.0 Å². The van der Waals surface area contributed by atoms with Gasteiger partial charge in [-0.25, -0.2) is 12.8 Å². The Balaban J connectivity index is 1.45. The van der Waals surface area contributed by atoms with Crippen molar-refractivity contribution in [2.24, 2.45) is 0 Å². The van der Waals surface area contributed by atoms with E-state index in [1.54, 1.807) is 24.3 Å². The number of halogens is 4.